The summed E-state index contributed by atoms with van der Waals surface area (Å²) < 4.78 is 0. The molecule has 1 unspecified atom stereocenters. The first-order valence-corrected chi connectivity index (χ1v) is 9.70. The first-order valence-electron chi connectivity index (χ1n) is 8.82. The number of amides is 2. The van der Waals surface area contributed by atoms with Crippen LogP contribution in [0.15, 0.2) is 41.8 Å². The Kier molecular flexibility index (Phi) is 5.45. The fourth-order valence-electron chi connectivity index (χ4n) is 3.24. The molecule has 1 aliphatic heterocycles. The normalized spacial score (nSPS) is 16.1. The summed E-state index contributed by atoms with van der Waals surface area (Å²) in [5, 5.41) is 8.22. The van der Waals surface area contributed by atoms with Crippen molar-refractivity contribution in [3.05, 3.63) is 57.8 Å². The third kappa shape index (κ3) is 4.83. The third-order valence-corrected chi connectivity index (χ3v) is 5.43. The molecule has 134 valence electrons. The molecular formula is C20H27N3OS. The van der Waals surface area contributed by atoms with E-state index in [0.29, 0.717) is 6.54 Å². The molecule has 2 aromatic rings. The minimum absolute atomic E-state index is 0.110. The number of nitrogens with one attached hydrogen (secondary N) is 2. The van der Waals surface area contributed by atoms with E-state index in [2.05, 4.69) is 51.2 Å². The van der Waals surface area contributed by atoms with Gasteiger partial charge >= 0.3 is 6.03 Å². The van der Waals surface area contributed by atoms with Crippen molar-refractivity contribution in [1.29, 1.82) is 0 Å². The maximum absolute atomic E-state index is 12.2. The Bertz CT molecular complexity index is 705. The van der Waals surface area contributed by atoms with Gasteiger partial charge in [0.2, 0.25) is 0 Å². The van der Waals surface area contributed by atoms with Crippen LogP contribution in [0, 0.1) is 0 Å². The van der Waals surface area contributed by atoms with Crippen molar-refractivity contribution in [2.75, 3.05) is 13.1 Å². The lowest BCUT2D eigenvalue weighted by atomic mass is 10.0. The Morgan fingerprint density at radius 1 is 1.24 bits per heavy atom. The van der Waals surface area contributed by atoms with Crippen molar-refractivity contribution >= 4 is 17.4 Å². The topological polar surface area (TPSA) is 44.4 Å². The second kappa shape index (κ2) is 7.58. The van der Waals surface area contributed by atoms with E-state index in [-0.39, 0.29) is 17.6 Å². The Morgan fingerprint density at radius 2 is 2.00 bits per heavy atom. The fourth-order valence-corrected chi connectivity index (χ4v) is 4.13. The Hall–Kier alpha value is -1.85. The number of thiophene rings is 1. The van der Waals surface area contributed by atoms with E-state index in [1.807, 2.05) is 38.2 Å². The van der Waals surface area contributed by atoms with Crippen LogP contribution in [0.4, 0.5) is 4.79 Å². The zero-order valence-electron chi connectivity index (χ0n) is 15.2. The van der Waals surface area contributed by atoms with Crippen LogP contribution in [-0.2, 0) is 13.0 Å². The molecule has 5 heteroatoms. The van der Waals surface area contributed by atoms with Gasteiger partial charge in [0.15, 0.2) is 0 Å². The van der Waals surface area contributed by atoms with Crippen molar-refractivity contribution < 1.29 is 4.79 Å². The first-order chi connectivity index (χ1) is 11.9. The van der Waals surface area contributed by atoms with E-state index in [1.54, 1.807) is 0 Å². The van der Waals surface area contributed by atoms with Crippen molar-refractivity contribution in [2.45, 2.75) is 45.3 Å². The van der Waals surface area contributed by atoms with Crippen molar-refractivity contribution in [2.24, 2.45) is 0 Å². The maximum Gasteiger partial charge on any atom is 0.315 e. The largest absolute Gasteiger partial charge is 0.336 e. The molecule has 2 N–H and O–H groups in total. The second-order valence-corrected chi connectivity index (χ2v) is 8.60. The van der Waals surface area contributed by atoms with Crippen molar-refractivity contribution in [1.82, 2.24) is 15.5 Å². The standard InChI is InChI=1S/C20H27N3OS/c1-20(2,3)22-19(24)21-13-17(15-7-5-4-6-8-15)23-11-9-18-16(14-23)10-12-25-18/h4-8,10,12,17H,9,11,13-14H2,1-3H3,(H2,21,22,24). The summed E-state index contributed by atoms with van der Waals surface area (Å²) in [5.41, 5.74) is 2.44. The molecule has 1 aromatic carbocycles. The zero-order chi connectivity index (χ0) is 17.9. The molecule has 1 atom stereocenters. The highest BCUT2D eigenvalue weighted by molar-refractivity contribution is 7.10. The van der Waals surface area contributed by atoms with Gasteiger partial charge in [-0.25, -0.2) is 4.79 Å². The third-order valence-electron chi connectivity index (χ3n) is 4.41. The number of nitrogens with zero attached hydrogens (tertiary/aromatic N) is 1. The first kappa shape index (κ1) is 18.0. The number of hydrogen-bond donors (Lipinski definition) is 2. The summed E-state index contributed by atoms with van der Waals surface area (Å²) >= 11 is 1.85. The van der Waals surface area contributed by atoms with E-state index < -0.39 is 0 Å². The van der Waals surface area contributed by atoms with Crippen LogP contribution in [0.5, 0.6) is 0 Å². The van der Waals surface area contributed by atoms with Crippen LogP contribution >= 0.6 is 11.3 Å². The SMILES string of the molecule is CC(C)(C)NC(=O)NCC(c1ccccc1)N1CCc2sccc2C1. The van der Waals surface area contributed by atoms with E-state index in [0.717, 1.165) is 19.5 Å². The summed E-state index contributed by atoms with van der Waals surface area (Å²) in [7, 11) is 0. The van der Waals surface area contributed by atoms with E-state index in [1.165, 1.54) is 16.0 Å². The molecule has 2 amide bonds. The number of urea groups is 1. The highest BCUT2D eigenvalue weighted by Crippen LogP contribution is 2.30. The molecule has 0 fully saturated rings. The molecule has 25 heavy (non-hydrogen) atoms. The molecule has 0 saturated heterocycles. The van der Waals surface area contributed by atoms with E-state index >= 15 is 0 Å². The molecule has 3 rings (SSSR count). The van der Waals surface area contributed by atoms with Gasteiger partial charge in [0.1, 0.15) is 0 Å². The van der Waals surface area contributed by atoms with Crippen LogP contribution in [0.3, 0.4) is 0 Å². The predicted molar refractivity (Wildman–Crippen MR) is 104 cm³/mol. The molecule has 0 aliphatic carbocycles. The van der Waals surface area contributed by atoms with Gasteiger partial charge < -0.3 is 10.6 Å². The van der Waals surface area contributed by atoms with Gasteiger partial charge in [0.05, 0.1) is 6.04 Å². The molecule has 0 saturated carbocycles. The molecule has 2 heterocycles. The smallest absolute Gasteiger partial charge is 0.315 e. The average Bonchev–Trinajstić information content (AvgIpc) is 3.02. The van der Waals surface area contributed by atoms with Crippen LogP contribution in [0.25, 0.3) is 0 Å². The van der Waals surface area contributed by atoms with Crippen LogP contribution in [0.2, 0.25) is 0 Å². The number of benzene rings is 1. The Balaban J connectivity index is 1.72. The maximum atomic E-state index is 12.2. The molecule has 4 nitrogen and oxygen atoms in total. The number of fused-ring (bicyclic) bond motifs is 1. The van der Waals surface area contributed by atoms with Gasteiger partial charge in [-0.05, 0) is 49.8 Å². The van der Waals surface area contributed by atoms with Crippen LogP contribution in [-0.4, -0.2) is 29.6 Å². The number of hydrogen-bond acceptors (Lipinski definition) is 3. The molecule has 1 aliphatic rings. The zero-order valence-corrected chi connectivity index (χ0v) is 16.0. The summed E-state index contributed by atoms with van der Waals surface area (Å²) in [6, 6.07) is 12.8. The minimum Gasteiger partial charge on any atom is -0.336 e. The Labute approximate surface area is 154 Å². The molecule has 0 bridgehead atoms. The summed E-state index contributed by atoms with van der Waals surface area (Å²) in [5.74, 6) is 0. The van der Waals surface area contributed by atoms with E-state index in [9.17, 15) is 4.79 Å². The van der Waals surface area contributed by atoms with Crippen LogP contribution in [0.1, 0.15) is 42.8 Å². The second-order valence-electron chi connectivity index (χ2n) is 7.60. The minimum atomic E-state index is -0.233. The van der Waals surface area contributed by atoms with Crippen molar-refractivity contribution in [3.63, 3.8) is 0 Å². The van der Waals surface area contributed by atoms with Gasteiger partial charge in [-0.15, -0.1) is 11.3 Å². The monoisotopic (exact) mass is 357 g/mol. The fraction of sp³-hybridized carbons (Fsp3) is 0.450. The number of rotatable bonds is 4. The Morgan fingerprint density at radius 3 is 2.72 bits per heavy atom. The van der Waals surface area contributed by atoms with Crippen LogP contribution < -0.4 is 10.6 Å². The highest BCUT2D eigenvalue weighted by Gasteiger charge is 2.26. The van der Waals surface area contributed by atoms with Gasteiger partial charge in [-0.3, -0.25) is 4.90 Å². The quantitative estimate of drug-likeness (QED) is 0.870. The molecular weight excluding hydrogens is 330 g/mol. The lowest BCUT2D eigenvalue weighted by molar-refractivity contribution is 0.174. The average molecular weight is 358 g/mol. The van der Waals surface area contributed by atoms with Gasteiger partial charge in [-0.1, -0.05) is 30.3 Å². The van der Waals surface area contributed by atoms with Crippen molar-refractivity contribution in [3.8, 4) is 0 Å². The number of carbonyl (C=O) groups excluding carboxylic acids is 1. The van der Waals surface area contributed by atoms with E-state index in [4.69, 9.17) is 0 Å². The highest BCUT2D eigenvalue weighted by atomic mass is 32.1. The summed E-state index contributed by atoms with van der Waals surface area (Å²) in [6.07, 6.45) is 1.09. The molecule has 0 radical (unpaired) electrons. The molecule has 0 spiro atoms. The lowest BCUT2D eigenvalue weighted by Crippen LogP contribution is -2.49. The van der Waals surface area contributed by atoms with Gasteiger partial charge in [0.25, 0.3) is 0 Å². The molecule has 1 aromatic heterocycles. The van der Waals surface area contributed by atoms with Gasteiger partial charge in [0, 0.05) is 30.1 Å². The number of carbonyl (C=O) groups is 1. The van der Waals surface area contributed by atoms with Gasteiger partial charge in [-0.2, -0.15) is 0 Å². The lowest BCUT2D eigenvalue weighted by Gasteiger charge is -2.35. The summed E-state index contributed by atoms with van der Waals surface area (Å²) in [6.45, 7) is 8.54. The predicted octanol–water partition coefficient (Wildman–Crippen LogP) is 3.95. The summed E-state index contributed by atoms with van der Waals surface area (Å²) in [4.78, 5) is 16.2.